The molecule has 0 aliphatic carbocycles. The summed E-state index contributed by atoms with van der Waals surface area (Å²) in [6, 6.07) is 21.1. The lowest BCUT2D eigenvalue weighted by atomic mass is 10.1. The molecule has 1 aromatic heterocycles. The average molecular weight is 538 g/mol. The molecule has 0 atom stereocenters. The van der Waals surface area contributed by atoms with Crippen LogP contribution >= 0.6 is 11.8 Å². The van der Waals surface area contributed by atoms with Crippen LogP contribution in [0.1, 0.15) is 11.1 Å². The lowest BCUT2D eigenvalue weighted by Gasteiger charge is -2.11. The number of nitrogens with one attached hydrogen (secondary N) is 3. The average Bonchev–Trinajstić information content (AvgIpc) is 3.34. The number of rotatable bonds is 11. The van der Waals surface area contributed by atoms with E-state index in [1.165, 1.54) is 36.0 Å². The Morgan fingerprint density at radius 2 is 1.70 bits per heavy atom. The molecule has 4 rings (SSSR count). The third kappa shape index (κ3) is 7.58. The van der Waals surface area contributed by atoms with Crippen LogP contribution in [0.5, 0.6) is 5.75 Å². The van der Waals surface area contributed by atoms with Crippen LogP contribution in [0.25, 0.3) is 11.4 Å². The number of carbonyl (C=O) groups excluding carboxylic acids is 1. The van der Waals surface area contributed by atoms with Crippen LogP contribution in [0.15, 0.2) is 82.8 Å². The minimum absolute atomic E-state index is 0.0999. The van der Waals surface area contributed by atoms with Crippen LogP contribution in [0.3, 0.4) is 0 Å². The highest BCUT2D eigenvalue weighted by atomic mass is 32.2. The number of aromatic nitrogens is 3. The maximum Gasteiger partial charge on any atom is 0.261 e. The van der Waals surface area contributed by atoms with Gasteiger partial charge in [-0.05, 0) is 61.4 Å². The third-order valence-electron chi connectivity index (χ3n) is 5.15. The monoisotopic (exact) mass is 537 g/mol. The largest absolute Gasteiger partial charge is 0.484 e. The number of nitrogens with zero attached hydrogens (tertiary/aromatic N) is 2. The van der Waals surface area contributed by atoms with E-state index in [-0.39, 0.29) is 17.4 Å². The van der Waals surface area contributed by atoms with Crippen molar-refractivity contribution >= 4 is 33.4 Å². The molecule has 192 valence electrons. The summed E-state index contributed by atoms with van der Waals surface area (Å²) in [6.45, 7) is 4.05. The van der Waals surface area contributed by atoms with Crippen LogP contribution in [0.4, 0.5) is 5.69 Å². The molecule has 4 aromatic rings. The van der Waals surface area contributed by atoms with E-state index in [9.17, 15) is 13.2 Å². The Morgan fingerprint density at radius 1 is 1.00 bits per heavy atom. The molecule has 0 spiro atoms. The number of anilines is 1. The number of hydrogen-bond acceptors (Lipinski definition) is 7. The quantitative estimate of drug-likeness (QED) is 0.194. The third-order valence-corrected chi connectivity index (χ3v) is 7.39. The fraction of sp³-hybridized carbons (Fsp3) is 0.192. The zero-order valence-electron chi connectivity index (χ0n) is 20.4. The fourth-order valence-corrected chi connectivity index (χ4v) is 5.22. The summed E-state index contributed by atoms with van der Waals surface area (Å²) in [6.07, 6.45) is 0. The van der Waals surface area contributed by atoms with Gasteiger partial charge in [-0.25, -0.2) is 13.4 Å². The van der Waals surface area contributed by atoms with Crippen molar-refractivity contribution in [3.8, 4) is 17.1 Å². The maximum absolute atomic E-state index is 12.7. The summed E-state index contributed by atoms with van der Waals surface area (Å²) < 4.78 is 33.5. The van der Waals surface area contributed by atoms with Crippen molar-refractivity contribution in [3.63, 3.8) is 0 Å². The molecule has 0 aliphatic heterocycles. The molecule has 0 aliphatic rings. The van der Waals surface area contributed by atoms with Gasteiger partial charge in [-0.2, -0.15) is 0 Å². The number of amides is 1. The van der Waals surface area contributed by atoms with Gasteiger partial charge in [-0.1, -0.05) is 48.2 Å². The molecule has 0 saturated carbocycles. The van der Waals surface area contributed by atoms with Crippen molar-refractivity contribution in [3.05, 3.63) is 83.9 Å². The number of benzene rings is 3. The number of sulfonamides is 1. The van der Waals surface area contributed by atoms with E-state index in [2.05, 4.69) is 25.2 Å². The SMILES string of the molecule is Cc1cc(C)cc(NS(=O)(=O)c2ccc(OCC(=O)NCCSc3n[nH]c(-c4ccccc4)n3)cc2)c1. The number of ether oxygens (including phenoxy) is 1. The first-order valence-electron chi connectivity index (χ1n) is 11.5. The van der Waals surface area contributed by atoms with Crippen molar-refractivity contribution in [2.24, 2.45) is 0 Å². The van der Waals surface area contributed by atoms with Gasteiger partial charge in [0.2, 0.25) is 5.16 Å². The number of H-pyrrole nitrogens is 1. The van der Waals surface area contributed by atoms with Crippen LogP contribution in [-0.2, 0) is 14.8 Å². The van der Waals surface area contributed by atoms with Gasteiger partial charge in [0.1, 0.15) is 5.75 Å². The highest BCUT2D eigenvalue weighted by Gasteiger charge is 2.15. The first-order chi connectivity index (χ1) is 17.8. The van der Waals surface area contributed by atoms with Crippen LogP contribution in [0, 0.1) is 13.8 Å². The molecule has 9 nitrogen and oxygen atoms in total. The normalized spacial score (nSPS) is 11.2. The molecule has 1 heterocycles. The molecular weight excluding hydrogens is 510 g/mol. The van der Waals surface area contributed by atoms with Gasteiger partial charge in [0, 0.05) is 23.5 Å². The van der Waals surface area contributed by atoms with Gasteiger partial charge < -0.3 is 10.1 Å². The van der Waals surface area contributed by atoms with E-state index in [1.54, 1.807) is 12.1 Å². The van der Waals surface area contributed by atoms with E-state index in [0.29, 0.717) is 34.7 Å². The molecule has 11 heteroatoms. The Bertz CT molecular complexity index is 1440. The number of carbonyl (C=O) groups is 1. The number of hydrogen-bond donors (Lipinski definition) is 3. The van der Waals surface area contributed by atoms with Crippen molar-refractivity contribution in [1.29, 1.82) is 0 Å². The summed E-state index contributed by atoms with van der Waals surface area (Å²) in [5.74, 6) is 1.40. The number of thioether (sulfide) groups is 1. The van der Waals surface area contributed by atoms with E-state index >= 15 is 0 Å². The Labute approximate surface area is 220 Å². The van der Waals surface area contributed by atoms with Gasteiger partial charge in [0.05, 0.1) is 4.90 Å². The first kappa shape index (κ1) is 26.2. The van der Waals surface area contributed by atoms with Gasteiger partial charge in [0.15, 0.2) is 12.4 Å². The molecule has 37 heavy (non-hydrogen) atoms. The zero-order valence-corrected chi connectivity index (χ0v) is 22.0. The van der Waals surface area contributed by atoms with E-state index < -0.39 is 10.0 Å². The maximum atomic E-state index is 12.7. The predicted molar refractivity (Wildman–Crippen MR) is 144 cm³/mol. The van der Waals surface area contributed by atoms with E-state index in [1.807, 2.05) is 50.2 Å². The van der Waals surface area contributed by atoms with E-state index in [0.717, 1.165) is 16.7 Å². The second-order valence-electron chi connectivity index (χ2n) is 8.27. The molecular formula is C26H27N5O4S2. The Kier molecular flexibility index (Phi) is 8.47. The summed E-state index contributed by atoms with van der Waals surface area (Å²) in [5.41, 5.74) is 3.39. The first-order valence-corrected chi connectivity index (χ1v) is 14.0. The zero-order chi connectivity index (χ0) is 26.3. The van der Waals surface area contributed by atoms with Crippen molar-refractivity contribution in [1.82, 2.24) is 20.5 Å². The summed E-state index contributed by atoms with van der Waals surface area (Å²) >= 11 is 1.43. The molecule has 3 N–H and O–H groups in total. The molecule has 0 fully saturated rings. The molecule has 0 radical (unpaired) electrons. The second-order valence-corrected chi connectivity index (χ2v) is 11.0. The standard InChI is InChI=1S/C26H27N5O4S2/c1-18-14-19(2)16-21(15-18)31-37(33,34)23-10-8-22(9-11-23)35-17-24(32)27-12-13-36-26-28-25(29-30-26)20-6-4-3-5-7-20/h3-11,14-16,31H,12-13,17H2,1-2H3,(H,27,32)(H,28,29,30). The minimum atomic E-state index is -3.75. The fourth-order valence-electron chi connectivity index (χ4n) is 3.53. The molecule has 0 saturated heterocycles. The van der Waals surface area contributed by atoms with Crippen LogP contribution in [0.2, 0.25) is 0 Å². The van der Waals surface area contributed by atoms with Gasteiger partial charge in [-0.15, -0.1) is 5.10 Å². The van der Waals surface area contributed by atoms with Crippen LogP contribution in [-0.4, -0.2) is 48.4 Å². The molecule has 0 bridgehead atoms. The van der Waals surface area contributed by atoms with Gasteiger partial charge >= 0.3 is 0 Å². The summed E-state index contributed by atoms with van der Waals surface area (Å²) in [7, 11) is -3.75. The predicted octanol–water partition coefficient (Wildman–Crippen LogP) is 4.18. The smallest absolute Gasteiger partial charge is 0.261 e. The van der Waals surface area contributed by atoms with Crippen molar-refractivity contribution in [2.45, 2.75) is 23.9 Å². The van der Waals surface area contributed by atoms with E-state index in [4.69, 9.17) is 4.74 Å². The molecule has 3 aromatic carbocycles. The number of aromatic amines is 1. The summed E-state index contributed by atoms with van der Waals surface area (Å²) in [4.78, 5) is 16.7. The lowest BCUT2D eigenvalue weighted by Crippen LogP contribution is -2.30. The van der Waals surface area contributed by atoms with Crippen LogP contribution < -0.4 is 14.8 Å². The topological polar surface area (TPSA) is 126 Å². The molecule has 1 amide bonds. The minimum Gasteiger partial charge on any atom is -0.484 e. The highest BCUT2D eigenvalue weighted by molar-refractivity contribution is 7.99. The van der Waals surface area contributed by atoms with Crippen molar-refractivity contribution in [2.75, 3.05) is 23.6 Å². The Hall–Kier alpha value is -3.83. The highest BCUT2D eigenvalue weighted by Crippen LogP contribution is 2.21. The van der Waals surface area contributed by atoms with Crippen molar-refractivity contribution < 1.29 is 17.9 Å². The second kappa shape index (κ2) is 11.9. The van der Waals surface area contributed by atoms with Gasteiger partial charge in [0.25, 0.3) is 15.9 Å². The summed E-state index contributed by atoms with van der Waals surface area (Å²) in [5, 5.41) is 10.5. The Morgan fingerprint density at radius 3 is 2.41 bits per heavy atom. The van der Waals surface area contributed by atoms with Gasteiger partial charge in [-0.3, -0.25) is 14.6 Å². The number of aryl methyl sites for hydroxylation is 2. The molecule has 0 unspecified atom stereocenters. The Balaban J connectivity index is 1.19. The lowest BCUT2D eigenvalue weighted by molar-refractivity contribution is -0.122.